The van der Waals surface area contributed by atoms with Gasteiger partial charge in [-0.25, -0.2) is 0 Å². The van der Waals surface area contributed by atoms with E-state index in [1.165, 1.54) is 0 Å². The summed E-state index contributed by atoms with van der Waals surface area (Å²) < 4.78 is 5.46. The van der Waals surface area contributed by atoms with Gasteiger partial charge in [-0.3, -0.25) is 9.69 Å². The normalized spacial score (nSPS) is 11.8. The standard InChI is InChI=1S/C15H31NO2/c1-13(2)11-16(5)12-15(17)9-7-6-8-10-18-14(3)4/h13-14H,6-12H2,1-5H3. The second kappa shape index (κ2) is 10.5. The molecule has 0 aromatic heterocycles. The zero-order chi connectivity index (χ0) is 14.0. The Balaban J connectivity index is 3.42. The number of hydrogen-bond donors (Lipinski definition) is 0. The number of hydrogen-bond acceptors (Lipinski definition) is 3. The van der Waals surface area contributed by atoms with E-state index >= 15 is 0 Å². The molecule has 0 heterocycles. The molecule has 0 aromatic carbocycles. The first-order valence-electron chi connectivity index (χ1n) is 7.23. The minimum Gasteiger partial charge on any atom is -0.379 e. The Morgan fingerprint density at radius 2 is 1.78 bits per heavy atom. The third kappa shape index (κ3) is 12.1. The highest BCUT2D eigenvalue weighted by Crippen LogP contribution is 2.04. The van der Waals surface area contributed by atoms with Crippen LogP contribution in [0.3, 0.4) is 0 Å². The van der Waals surface area contributed by atoms with Crippen LogP contribution in [0.25, 0.3) is 0 Å². The summed E-state index contributed by atoms with van der Waals surface area (Å²) in [6.07, 6.45) is 4.18. The zero-order valence-electron chi connectivity index (χ0n) is 12.9. The van der Waals surface area contributed by atoms with Crippen molar-refractivity contribution in [3.8, 4) is 0 Å². The summed E-state index contributed by atoms with van der Waals surface area (Å²) in [5.41, 5.74) is 0. The zero-order valence-corrected chi connectivity index (χ0v) is 12.9. The van der Waals surface area contributed by atoms with Crippen LogP contribution in [0.1, 0.15) is 53.4 Å². The average Bonchev–Trinajstić information content (AvgIpc) is 2.21. The summed E-state index contributed by atoms with van der Waals surface area (Å²) in [5.74, 6) is 0.985. The summed E-state index contributed by atoms with van der Waals surface area (Å²) >= 11 is 0. The quantitative estimate of drug-likeness (QED) is 0.533. The first-order valence-corrected chi connectivity index (χ1v) is 7.23. The van der Waals surface area contributed by atoms with Gasteiger partial charge in [-0.1, -0.05) is 20.3 Å². The van der Waals surface area contributed by atoms with Gasteiger partial charge in [0.05, 0.1) is 12.6 Å². The maximum Gasteiger partial charge on any atom is 0.146 e. The van der Waals surface area contributed by atoms with E-state index in [2.05, 4.69) is 18.7 Å². The molecule has 0 rings (SSSR count). The molecule has 0 aliphatic heterocycles. The van der Waals surface area contributed by atoms with Crippen LogP contribution in [-0.4, -0.2) is 43.5 Å². The molecule has 0 amide bonds. The molecule has 0 fully saturated rings. The highest BCUT2D eigenvalue weighted by molar-refractivity contribution is 5.80. The van der Waals surface area contributed by atoms with Gasteiger partial charge >= 0.3 is 0 Å². The molecule has 0 spiro atoms. The van der Waals surface area contributed by atoms with Gasteiger partial charge in [0.2, 0.25) is 0 Å². The lowest BCUT2D eigenvalue weighted by atomic mass is 10.1. The minimum atomic E-state index is 0.316. The third-order valence-electron chi connectivity index (χ3n) is 2.67. The lowest BCUT2D eigenvalue weighted by molar-refractivity contribution is -0.120. The van der Waals surface area contributed by atoms with Crippen molar-refractivity contribution < 1.29 is 9.53 Å². The number of likely N-dealkylation sites (N-methyl/N-ethyl adjacent to an activating group) is 1. The van der Waals surface area contributed by atoms with Crippen LogP contribution < -0.4 is 0 Å². The molecular formula is C15H31NO2. The van der Waals surface area contributed by atoms with Gasteiger partial charge in [-0.05, 0) is 39.7 Å². The van der Waals surface area contributed by atoms with Gasteiger partial charge in [0.15, 0.2) is 0 Å². The van der Waals surface area contributed by atoms with Crippen molar-refractivity contribution in [1.82, 2.24) is 4.90 Å². The second-order valence-corrected chi connectivity index (χ2v) is 5.86. The van der Waals surface area contributed by atoms with Gasteiger partial charge in [0.25, 0.3) is 0 Å². The number of unbranched alkanes of at least 4 members (excludes halogenated alkanes) is 2. The molecule has 0 saturated carbocycles. The number of carbonyl (C=O) groups excluding carboxylic acids is 1. The highest BCUT2D eigenvalue weighted by Gasteiger charge is 2.07. The Labute approximate surface area is 113 Å². The van der Waals surface area contributed by atoms with Crippen LogP contribution in [0.15, 0.2) is 0 Å². The lowest BCUT2D eigenvalue weighted by Gasteiger charge is -2.17. The molecule has 0 saturated heterocycles. The van der Waals surface area contributed by atoms with Crippen molar-refractivity contribution in [1.29, 1.82) is 0 Å². The van der Waals surface area contributed by atoms with Crippen LogP contribution in [-0.2, 0) is 9.53 Å². The summed E-state index contributed by atoms with van der Waals surface area (Å²) in [5, 5.41) is 0. The third-order valence-corrected chi connectivity index (χ3v) is 2.67. The Hall–Kier alpha value is -0.410. The fraction of sp³-hybridized carbons (Fsp3) is 0.933. The smallest absolute Gasteiger partial charge is 0.146 e. The molecule has 0 radical (unpaired) electrons. The van der Waals surface area contributed by atoms with Gasteiger partial charge in [0.1, 0.15) is 5.78 Å². The Kier molecular flexibility index (Phi) is 10.3. The van der Waals surface area contributed by atoms with Crippen molar-refractivity contribution >= 4 is 5.78 Å². The molecular weight excluding hydrogens is 226 g/mol. The monoisotopic (exact) mass is 257 g/mol. The van der Waals surface area contributed by atoms with Crippen molar-refractivity contribution in [2.45, 2.75) is 59.5 Å². The van der Waals surface area contributed by atoms with Crippen molar-refractivity contribution in [2.75, 3.05) is 26.7 Å². The molecule has 0 aliphatic rings. The first-order chi connectivity index (χ1) is 8.41. The molecule has 0 aliphatic carbocycles. The lowest BCUT2D eigenvalue weighted by Crippen LogP contribution is -2.29. The molecule has 0 atom stereocenters. The van der Waals surface area contributed by atoms with E-state index in [0.29, 0.717) is 30.8 Å². The Morgan fingerprint density at radius 3 is 2.33 bits per heavy atom. The van der Waals surface area contributed by atoms with Crippen LogP contribution in [0.2, 0.25) is 0 Å². The Morgan fingerprint density at radius 1 is 1.11 bits per heavy atom. The molecule has 0 unspecified atom stereocenters. The summed E-state index contributed by atoms with van der Waals surface area (Å²) in [7, 11) is 2.02. The summed E-state index contributed by atoms with van der Waals surface area (Å²) in [6, 6.07) is 0. The Bertz CT molecular complexity index is 215. The average molecular weight is 257 g/mol. The number of ether oxygens (including phenoxy) is 1. The number of ketones is 1. The van der Waals surface area contributed by atoms with Crippen molar-refractivity contribution in [3.05, 3.63) is 0 Å². The largest absolute Gasteiger partial charge is 0.379 e. The van der Waals surface area contributed by atoms with Gasteiger partial charge < -0.3 is 4.74 Å². The van der Waals surface area contributed by atoms with Gasteiger partial charge in [0, 0.05) is 19.6 Å². The van der Waals surface area contributed by atoms with Crippen LogP contribution in [0.5, 0.6) is 0 Å². The fourth-order valence-electron chi connectivity index (χ4n) is 1.99. The van der Waals surface area contributed by atoms with Crippen LogP contribution in [0.4, 0.5) is 0 Å². The van der Waals surface area contributed by atoms with Crippen molar-refractivity contribution in [2.24, 2.45) is 5.92 Å². The fourth-order valence-corrected chi connectivity index (χ4v) is 1.99. The minimum absolute atomic E-state index is 0.316. The van der Waals surface area contributed by atoms with E-state index in [-0.39, 0.29) is 0 Å². The predicted octanol–water partition coefficient (Wildman–Crippen LogP) is 3.13. The van der Waals surface area contributed by atoms with Crippen LogP contribution >= 0.6 is 0 Å². The van der Waals surface area contributed by atoms with Gasteiger partial charge in [-0.15, -0.1) is 0 Å². The number of carbonyl (C=O) groups is 1. The maximum atomic E-state index is 11.7. The maximum absolute atomic E-state index is 11.7. The summed E-state index contributed by atoms with van der Waals surface area (Å²) in [6.45, 7) is 10.9. The molecule has 3 heteroatoms. The molecule has 18 heavy (non-hydrogen) atoms. The van der Waals surface area contributed by atoms with Crippen LogP contribution in [0, 0.1) is 5.92 Å². The molecule has 108 valence electrons. The topological polar surface area (TPSA) is 29.5 Å². The number of nitrogens with zero attached hydrogens (tertiary/aromatic N) is 1. The van der Waals surface area contributed by atoms with E-state index in [1.807, 2.05) is 20.9 Å². The SMILES string of the molecule is CC(C)CN(C)CC(=O)CCCCCOC(C)C. The molecule has 0 aromatic rings. The van der Waals surface area contributed by atoms with E-state index in [1.54, 1.807) is 0 Å². The number of Topliss-reactive ketones (excluding diaryl/α,β-unsaturated/α-hetero) is 1. The van der Waals surface area contributed by atoms with E-state index in [0.717, 1.165) is 32.4 Å². The molecule has 3 nitrogen and oxygen atoms in total. The first kappa shape index (κ1) is 17.6. The molecule has 0 bridgehead atoms. The number of rotatable bonds is 11. The highest BCUT2D eigenvalue weighted by atomic mass is 16.5. The van der Waals surface area contributed by atoms with Gasteiger partial charge in [-0.2, -0.15) is 0 Å². The van der Waals surface area contributed by atoms with E-state index < -0.39 is 0 Å². The van der Waals surface area contributed by atoms with E-state index in [9.17, 15) is 4.79 Å². The molecule has 0 N–H and O–H groups in total. The van der Waals surface area contributed by atoms with E-state index in [4.69, 9.17) is 4.74 Å². The second-order valence-electron chi connectivity index (χ2n) is 5.86. The predicted molar refractivity (Wildman–Crippen MR) is 76.9 cm³/mol. The summed E-state index contributed by atoms with van der Waals surface area (Å²) in [4.78, 5) is 13.8. The van der Waals surface area contributed by atoms with Crippen molar-refractivity contribution in [3.63, 3.8) is 0 Å².